The van der Waals surface area contributed by atoms with Crippen molar-refractivity contribution >= 4 is 34.4 Å². The molecule has 0 aliphatic carbocycles. The molecule has 0 spiro atoms. The number of carbonyl (C=O) groups is 2. The van der Waals surface area contributed by atoms with Crippen LogP contribution in [0, 0.1) is 0 Å². The lowest BCUT2D eigenvalue weighted by atomic mass is 10.1. The maximum atomic E-state index is 12.9. The Morgan fingerprint density at radius 2 is 1.48 bits per heavy atom. The molecule has 3 rings (SSSR count). The molecule has 160 valence electrons. The van der Waals surface area contributed by atoms with E-state index >= 15 is 0 Å². The number of carbonyl (C=O) groups excluding carboxylic acids is 2. The summed E-state index contributed by atoms with van der Waals surface area (Å²) in [5.41, 5.74) is 1.12. The van der Waals surface area contributed by atoms with Crippen molar-refractivity contribution in [3.63, 3.8) is 0 Å². The number of benzene rings is 3. The Balaban J connectivity index is 1.95. The minimum atomic E-state index is -0.631. The number of amides is 1. The molecule has 0 atom stereocenters. The molecule has 0 aliphatic rings. The van der Waals surface area contributed by atoms with Gasteiger partial charge in [0.1, 0.15) is 0 Å². The summed E-state index contributed by atoms with van der Waals surface area (Å²) in [6, 6.07) is 16.7. The summed E-state index contributed by atoms with van der Waals surface area (Å²) in [7, 11) is 5.57. The topological polar surface area (TPSA) is 83.1 Å². The summed E-state index contributed by atoms with van der Waals surface area (Å²) in [6.45, 7) is 0. The van der Waals surface area contributed by atoms with Crippen LogP contribution in [-0.4, -0.2) is 40.3 Å². The Labute approximate surface area is 180 Å². The fraction of sp³-hybridized carbons (Fsp3) is 0.167. The van der Waals surface area contributed by atoms with E-state index in [9.17, 15) is 9.59 Å². The van der Waals surface area contributed by atoms with Gasteiger partial charge in [0.25, 0.3) is 5.91 Å². The van der Waals surface area contributed by atoms with E-state index in [1.54, 1.807) is 6.08 Å². The van der Waals surface area contributed by atoms with Crippen LogP contribution in [0.4, 0.5) is 5.69 Å². The van der Waals surface area contributed by atoms with Crippen molar-refractivity contribution in [1.29, 1.82) is 0 Å². The Bertz CT molecular complexity index is 1150. The molecule has 31 heavy (non-hydrogen) atoms. The average Bonchev–Trinajstić information content (AvgIpc) is 2.81. The second-order valence-corrected chi connectivity index (χ2v) is 6.52. The highest BCUT2D eigenvalue weighted by Crippen LogP contribution is 2.34. The monoisotopic (exact) mass is 421 g/mol. The molecule has 0 radical (unpaired) electrons. The molecule has 1 amide bonds. The van der Waals surface area contributed by atoms with Gasteiger partial charge in [-0.15, -0.1) is 0 Å². The molecule has 0 aromatic heterocycles. The second-order valence-electron chi connectivity index (χ2n) is 6.52. The molecular formula is C24H23NO6. The lowest BCUT2D eigenvalue weighted by Crippen LogP contribution is -2.18. The molecule has 0 aliphatic heterocycles. The fourth-order valence-electron chi connectivity index (χ4n) is 3.11. The quantitative estimate of drug-likeness (QED) is 0.349. The summed E-state index contributed by atoms with van der Waals surface area (Å²) in [5, 5.41) is 4.83. The zero-order valence-electron chi connectivity index (χ0n) is 17.7. The van der Waals surface area contributed by atoms with Gasteiger partial charge in [0.15, 0.2) is 17.3 Å². The molecule has 0 fully saturated rings. The van der Waals surface area contributed by atoms with E-state index in [1.165, 1.54) is 40.6 Å². The third-order valence-corrected chi connectivity index (χ3v) is 4.69. The van der Waals surface area contributed by atoms with Crippen molar-refractivity contribution in [2.45, 2.75) is 0 Å². The predicted molar refractivity (Wildman–Crippen MR) is 118 cm³/mol. The number of methoxy groups -OCH3 is 4. The van der Waals surface area contributed by atoms with E-state index in [1.807, 2.05) is 42.5 Å². The van der Waals surface area contributed by atoms with E-state index in [0.717, 1.165) is 16.3 Å². The first-order valence-corrected chi connectivity index (χ1v) is 9.41. The molecule has 7 heteroatoms. The fourth-order valence-corrected chi connectivity index (χ4v) is 3.11. The molecule has 0 heterocycles. The van der Waals surface area contributed by atoms with Crippen LogP contribution in [0.1, 0.15) is 15.9 Å². The first-order chi connectivity index (χ1) is 15.0. The summed E-state index contributed by atoms with van der Waals surface area (Å²) in [6.07, 6.45) is 1.63. The van der Waals surface area contributed by atoms with Crippen molar-refractivity contribution in [2.75, 3.05) is 33.8 Å². The molecule has 1 N–H and O–H groups in total. The van der Waals surface area contributed by atoms with E-state index < -0.39 is 11.9 Å². The Morgan fingerprint density at radius 3 is 2.13 bits per heavy atom. The van der Waals surface area contributed by atoms with Crippen LogP contribution in [0.25, 0.3) is 16.8 Å². The van der Waals surface area contributed by atoms with Gasteiger partial charge in [-0.25, -0.2) is 4.79 Å². The first-order valence-electron chi connectivity index (χ1n) is 9.41. The predicted octanol–water partition coefficient (Wildman–Crippen LogP) is 4.27. The lowest BCUT2D eigenvalue weighted by molar-refractivity contribution is -0.115. The largest absolute Gasteiger partial charge is 0.493 e. The molecule has 3 aromatic carbocycles. The number of esters is 1. The Morgan fingerprint density at radius 1 is 0.806 bits per heavy atom. The molecule has 3 aromatic rings. The van der Waals surface area contributed by atoms with Gasteiger partial charge in [0.2, 0.25) is 0 Å². The van der Waals surface area contributed by atoms with E-state index in [4.69, 9.17) is 18.9 Å². The number of hydrogen-bond donors (Lipinski definition) is 1. The van der Waals surface area contributed by atoms with Gasteiger partial charge in [-0.1, -0.05) is 36.4 Å². The van der Waals surface area contributed by atoms with Crippen LogP contribution >= 0.6 is 0 Å². The number of hydrogen-bond acceptors (Lipinski definition) is 6. The van der Waals surface area contributed by atoms with Crippen LogP contribution in [0.2, 0.25) is 0 Å². The highest BCUT2D eigenvalue weighted by molar-refractivity contribution is 6.09. The van der Waals surface area contributed by atoms with Gasteiger partial charge < -0.3 is 24.3 Å². The second kappa shape index (κ2) is 9.67. The van der Waals surface area contributed by atoms with Crippen molar-refractivity contribution in [1.82, 2.24) is 0 Å². The SMILES string of the molecule is COC(=O)c1cc(OC)c(OC)cc1NC(=O)C(=Cc1ccc2ccccc2c1)OC. The zero-order chi connectivity index (χ0) is 22.4. The Hall–Kier alpha value is -4.00. The molecular weight excluding hydrogens is 398 g/mol. The third kappa shape index (κ3) is 4.78. The van der Waals surface area contributed by atoms with Gasteiger partial charge in [0.05, 0.1) is 39.7 Å². The minimum absolute atomic E-state index is 0.0703. The minimum Gasteiger partial charge on any atom is -0.493 e. The van der Waals surface area contributed by atoms with Crippen LogP contribution in [0.15, 0.2) is 60.4 Å². The maximum absolute atomic E-state index is 12.9. The van der Waals surface area contributed by atoms with Crippen LogP contribution in [0.5, 0.6) is 11.5 Å². The highest BCUT2D eigenvalue weighted by Gasteiger charge is 2.20. The van der Waals surface area contributed by atoms with E-state index in [-0.39, 0.29) is 17.0 Å². The van der Waals surface area contributed by atoms with Gasteiger partial charge in [0, 0.05) is 12.1 Å². The van der Waals surface area contributed by atoms with Crippen molar-refractivity contribution in [2.24, 2.45) is 0 Å². The van der Waals surface area contributed by atoms with Crippen molar-refractivity contribution < 1.29 is 28.5 Å². The summed E-state index contributed by atoms with van der Waals surface area (Å²) in [4.78, 5) is 25.1. The normalized spacial score (nSPS) is 11.0. The number of fused-ring (bicyclic) bond motifs is 1. The van der Waals surface area contributed by atoms with E-state index in [0.29, 0.717) is 11.5 Å². The number of anilines is 1. The van der Waals surface area contributed by atoms with Crippen LogP contribution in [-0.2, 0) is 14.3 Å². The number of rotatable bonds is 7. The van der Waals surface area contributed by atoms with Gasteiger partial charge in [-0.05, 0) is 28.5 Å². The van der Waals surface area contributed by atoms with Crippen molar-refractivity contribution in [3.8, 4) is 11.5 Å². The summed E-state index contributed by atoms with van der Waals surface area (Å²) in [5.74, 6) is -0.412. The highest BCUT2D eigenvalue weighted by atomic mass is 16.5. The standard InChI is InChI=1S/C24H23NO6/c1-28-20-13-18(24(27)31-4)19(14-21(20)29-2)25-23(26)22(30-3)12-15-9-10-16-7-5-6-8-17(16)11-15/h5-14H,1-4H3,(H,25,26). The first kappa shape index (κ1) is 21.7. The van der Waals surface area contributed by atoms with Gasteiger partial charge in [-0.2, -0.15) is 0 Å². The number of nitrogens with one attached hydrogen (secondary N) is 1. The van der Waals surface area contributed by atoms with Crippen LogP contribution < -0.4 is 14.8 Å². The third-order valence-electron chi connectivity index (χ3n) is 4.69. The van der Waals surface area contributed by atoms with Gasteiger partial charge in [-0.3, -0.25) is 4.79 Å². The smallest absolute Gasteiger partial charge is 0.340 e. The molecule has 0 saturated carbocycles. The molecule has 7 nitrogen and oxygen atoms in total. The summed E-state index contributed by atoms with van der Waals surface area (Å²) < 4.78 is 20.6. The van der Waals surface area contributed by atoms with Crippen molar-refractivity contribution in [3.05, 3.63) is 71.5 Å². The summed E-state index contributed by atoms with van der Waals surface area (Å²) >= 11 is 0. The molecule has 0 saturated heterocycles. The lowest BCUT2D eigenvalue weighted by Gasteiger charge is -2.15. The Kier molecular flexibility index (Phi) is 6.77. The van der Waals surface area contributed by atoms with Gasteiger partial charge >= 0.3 is 5.97 Å². The zero-order valence-corrected chi connectivity index (χ0v) is 17.7. The molecule has 0 bridgehead atoms. The van der Waals surface area contributed by atoms with Crippen LogP contribution in [0.3, 0.4) is 0 Å². The molecule has 0 unspecified atom stereocenters. The maximum Gasteiger partial charge on any atom is 0.340 e. The number of ether oxygens (including phenoxy) is 4. The van der Waals surface area contributed by atoms with E-state index in [2.05, 4.69) is 5.32 Å². The average molecular weight is 421 g/mol.